The van der Waals surface area contributed by atoms with E-state index in [9.17, 15) is 9.18 Å². The van der Waals surface area contributed by atoms with Crippen LogP contribution in [0.2, 0.25) is 5.02 Å². The van der Waals surface area contributed by atoms with Gasteiger partial charge in [0.15, 0.2) is 0 Å². The Labute approximate surface area is 125 Å². The molecule has 0 heterocycles. The van der Waals surface area contributed by atoms with Crippen LogP contribution in [-0.4, -0.2) is 5.78 Å². The van der Waals surface area contributed by atoms with Gasteiger partial charge in [-0.3, -0.25) is 4.79 Å². The Balaban J connectivity index is 1.91. The second kappa shape index (κ2) is 7.21. The lowest BCUT2D eigenvalue weighted by atomic mass is 9.77. The third-order valence-corrected chi connectivity index (χ3v) is 4.82. The molecule has 1 fully saturated rings. The Bertz CT molecular complexity index is 464. The highest BCUT2D eigenvalue weighted by atomic mass is 35.5. The van der Waals surface area contributed by atoms with Gasteiger partial charge in [0.1, 0.15) is 11.6 Å². The molecule has 0 saturated heterocycles. The van der Waals surface area contributed by atoms with Crippen molar-refractivity contribution >= 4 is 17.4 Å². The van der Waals surface area contributed by atoms with Gasteiger partial charge in [0, 0.05) is 12.3 Å². The third kappa shape index (κ3) is 3.82. The topological polar surface area (TPSA) is 17.1 Å². The molecule has 1 aliphatic carbocycles. The van der Waals surface area contributed by atoms with Crippen LogP contribution in [0.4, 0.5) is 4.39 Å². The van der Waals surface area contributed by atoms with E-state index in [2.05, 4.69) is 6.92 Å². The van der Waals surface area contributed by atoms with E-state index in [1.807, 2.05) is 0 Å². The van der Waals surface area contributed by atoms with Gasteiger partial charge >= 0.3 is 0 Å². The average molecular weight is 297 g/mol. The van der Waals surface area contributed by atoms with Crippen molar-refractivity contribution in [3.63, 3.8) is 0 Å². The second-order valence-electron chi connectivity index (χ2n) is 5.86. The van der Waals surface area contributed by atoms with Gasteiger partial charge in [0.05, 0.1) is 5.02 Å². The summed E-state index contributed by atoms with van der Waals surface area (Å²) >= 11 is 5.91. The van der Waals surface area contributed by atoms with Gasteiger partial charge in [-0.25, -0.2) is 4.39 Å². The van der Waals surface area contributed by atoms with Crippen molar-refractivity contribution < 1.29 is 9.18 Å². The van der Waals surface area contributed by atoms with E-state index in [0.717, 1.165) is 31.6 Å². The van der Waals surface area contributed by atoms with Crippen LogP contribution in [0.1, 0.15) is 51.0 Å². The number of hydrogen-bond acceptors (Lipinski definition) is 1. The molecule has 0 N–H and O–H groups in total. The normalized spacial score (nSPS) is 22.8. The first-order chi connectivity index (χ1) is 9.61. The molecule has 0 radical (unpaired) electrons. The zero-order valence-electron chi connectivity index (χ0n) is 12.0. The highest BCUT2D eigenvalue weighted by molar-refractivity contribution is 6.31. The summed E-state index contributed by atoms with van der Waals surface area (Å²) < 4.78 is 13.4. The van der Waals surface area contributed by atoms with E-state index in [1.165, 1.54) is 18.9 Å². The van der Waals surface area contributed by atoms with Gasteiger partial charge in [-0.2, -0.15) is 0 Å². The molecule has 0 amide bonds. The number of ketones is 1. The number of Topliss-reactive ketones (excluding diaryl/α,β-unsaturated/α-hetero) is 1. The lowest BCUT2D eigenvalue weighted by Gasteiger charge is -2.27. The van der Waals surface area contributed by atoms with Crippen LogP contribution in [0.25, 0.3) is 0 Å². The van der Waals surface area contributed by atoms with Crippen molar-refractivity contribution in [1.29, 1.82) is 0 Å². The molecule has 0 atom stereocenters. The van der Waals surface area contributed by atoms with Gasteiger partial charge in [0.2, 0.25) is 0 Å². The first-order valence-corrected chi connectivity index (χ1v) is 7.95. The van der Waals surface area contributed by atoms with Crippen LogP contribution in [-0.2, 0) is 11.2 Å². The molecular formula is C17H22ClFO. The maximum atomic E-state index is 13.4. The van der Waals surface area contributed by atoms with Crippen LogP contribution >= 0.6 is 11.6 Å². The molecule has 1 aromatic rings. The molecule has 0 unspecified atom stereocenters. The average Bonchev–Trinajstić information content (AvgIpc) is 2.45. The molecule has 1 nitrogen and oxygen atoms in total. The van der Waals surface area contributed by atoms with E-state index >= 15 is 0 Å². The van der Waals surface area contributed by atoms with Crippen LogP contribution in [0.15, 0.2) is 18.2 Å². The predicted octanol–water partition coefficient (Wildman–Crippen LogP) is 5.20. The van der Waals surface area contributed by atoms with Crippen molar-refractivity contribution in [1.82, 2.24) is 0 Å². The molecule has 0 aromatic heterocycles. The number of carbonyl (C=O) groups excluding carboxylic acids is 1. The molecule has 1 aromatic carbocycles. The summed E-state index contributed by atoms with van der Waals surface area (Å²) in [6.45, 7) is 2.21. The van der Waals surface area contributed by atoms with E-state index in [0.29, 0.717) is 5.56 Å². The summed E-state index contributed by atoms with van der Waals surface area (Å²) in [5.41, 5.74) is 0.618. The zero-order chi connectivity index (χ0) is 14.5. The van der Waals surface area contributed by atoms with Crippen LogP contribution in [0, 0.1) is 17.7 Å². The number of hydrogen-bond donors (Lipinski definition) is 0. The van der Waals surface area contributed by atoms with E-state index in [4.69, 9.17) is 11.6 Å². The molecule has 1 saturated carbocycles. The Hall–Kier alpha value is -0.890. The minimum Gasteiger partial charge on any atom is -0.299 e. The summed E-state index contributed by atoms with van der Waals surface area (Å²) in [5.74, 6) is 0.709. The first-order valence-electron chi connectivity index (χ1n) is 7.57. The quantitative estimate of drug-likeness (QED) is 0.730. The maximum absolute atomic E-state index is 13.4. The van der Waals surface area contributed by atoms with Crippen LogP contribution in [0.3, 0.4) is 0 Å². The third-order valence-electron chi connectivity index (χ3n) is 4.40. The fourth-order valence-electron chi connectivity index (χ4n) is 3.20. The Morgan fingerprint density at radius 3 is 2.65 bits per heavy atom. The molecule has 1 aliphatic rings. The summed E-state index contributed by atoms with van der Waals surface area (Å²) in [6, 6.07) is 4.68. The fourth-order valence-corrected chi connectivity index (χ4v) is 3.39. The molecule has 0 aliphatic heterocycles. The molecular weight excluding hydrogens is 275 g/mol. The summed E-state index contributed by atoms with van der Waals surface area (Å²) in [6.07, 6.45) is 7.04. The van der Waals surface area contributed by atoms with Gasteiger partial charge in [0.25, 0.3) is 0 Å². The Kier molecular flexibility index (Phi) is 5.59. The van der Waals surface area contributed by atoms with Crippen molar-refractivity contribution in [2.45, 2.75) is 51.9 Å². The monoisotopic (exact) mass is 296 g/mol. The van der Waals surface area contributed by atoms with Crippen LogP contribution in [0.5, 0.6) is 0 Å². The summed E-state index contributed by atoms with van der Waals surface area (Å²) in [7, 11) is 0. The van der Waals surface area contributed by atoms with E-state index in [1.54, 1.807) is 12.1 Å². The minimum atomic E-state index is -0.441. The zero-order valence-corrected chi connectivity index (χ0v) is 12.8. The lowest BCUT2D eigenvalue weighted by molar-refractivity contribution is -0.123. The van der Waals surface area contributed by atoms with E-state index < -0.39 is 5.82 Å². The number of rotatable bonds is 5. The Morgan fingerprint density at radius 1 is 1.30 bits per heavy atom. The maximum Gasteiger partial charge on any atom is 0.142 e. The van der Waals surface area contributed by atoms with Crippen molar-refractivity contribution in [2.75, 3.05) is 0 Å². The number of benzene rings is 1. The fraction of sp³-hybridized carbons (Fsp3) is 0.588. The molecule has 3 heteroatoms. The van der Waals surface area contributed by atoms with Gasteiger partial charge in [-0.15, -0.1) is 0 Å². The van der Waals surface area contributed by atoms with Crippen molar-refractivity contribution in [3.05, 3.63) is 34.6 Å². The standard InChI is InChI=1S/C17H22ClFO/c1-2-4-12-7-9-13(10-8-12)16(20)11-14-5-3-6-15(19)17(14)18/h3,5-6,12-13H,2,4,7-11H2,1H3. The molecule has 2 rings (SSSR count). The highest BCUT2D eigenvalue weighted by Crippen LogP contribution is 2.33. The van der Waals surface area contributed by atoms with Gasteiger partial charge in [-0.1, -0.05) is 43.5 Å². The molecule has 0 spiro atoms. The molecule has 110 valence electrons. The first kappa shape index (κ1) is 15.5. The lowest BCUT2D eigenvalue weighted by Crippen LogP contribution is -2.23. The second-order valence-corrected chi connectivity index (χ2v) is 6.24. The predicted molar refractivity (Wildman–Crippen MR) is 80.5 cm³/mol. The number of carbonyl (C=O) groups is 1. The van der Waals surface area contributed by atoms with Crippen molar-refractivity contribution in [2.24, 2.45) is 11.8 Å². The smallest absolute Gasteiger partial charge is 0.142 e. The van der Waals surface area contributed by atoms with Crippen LogP contribution < -0.4 is 0 Å². The highest BCUT2D eigenvalue weighted by Gasteiger charge is 2.26. The van der Waals surface area contributed by atoms with Gasteiger partial charge < -0.3 is 0 Å². The summed E-state index contributed by atoms with van der Waals surface area (Å²) in [4.78, 5) is 12.3. The van der Waals surface area contributed by atoms with E-state index in [-0.39, 0.29) is 23.1 Å². The molecule has 20 heavy (non-hydrogen) atoms. The minimum absolute atomic E-state index is 0.0977. The summed E-state index contributed by atoms with van der Waals surface area (Å²) in [5, 5.41) is 0.0977. The molecule has 0 bridgehead atoms. The van der Waals surface area contributed by atoms with Crippen molar-refractivity contribution in [3.8, 4) is 0 Å². The SMILES string of the molecule is CCCC1CCC(C(=O)Cc2cccc(F)c2Cl)CC1. The largest absolute Gasteiger partial charge is 0.299 e. The number of halogens is 2. The van der Waals surface area contributed by atoms with Gasteiger partial charge in [-0.05, 0) is 43.2 Å². The Morgan fingerprint density at radius 2 is 2.00 bits per heavy atom.